The van der Waals surface area contributed by atoms with Crippen LogP contribution < -0.4 is 0 Å². The Bertz CT molecular complexity index is 840. The number of carbonyl (C=O) groups excluding carboxylic acids is 1. The SMILES string of the molecule is Cc1c(-c2ncccc2Cl)c2cc(Cl)ccc2n1CC=O. The number of benzene rings is 1. The summed E-state index contributed by atoms with van der Waals surface area (Å²) in [5, 5.41) is 2.16. The lowest BCUT2D eigenvalue weighted by Gasteiger charge is -2.05. The van der Waals surface area contributed by atoms with E-state index in [1.54, 1.807) is 18.3 Å². The number of hydrogen-bond donors (Lipinski definition) is 0. The number of pyridine rings is 1. The van der Waals surface area contributed by atoms with Crippen LogP contribution in [0, 0.1) is 6.92 Å². The van der Waals surface area contributed by atoms with E-state index in [0.29, 0.717) is 15.7 Å². The molecule has 21 heavy (non-hydrogen) atoms. The summed E-state index contributed by atoms with van der Waals surface area (Å²) in [7, 11) is 0. The van der Waals surface area contributed by atoms with E-state index in [-0.39, 0.29) is 6.54 Å². The number of halogens is 2. The molecular formula is C16H12Cl2N2O. The topological polar surface area (TPSA) is 34.9 Å². The molecule has 2 heterocycles. The molecule has 1 aromatic carbocycles. The van der Waals surface area contributed by atoms with Crippen LogP contribution in [0.25, 0.3) is 22.2 Å². The van der Waals surface area contributed by atoms with E-state index >= 15 is 0 Å². The summed E-state index contributed by atoms with van der Waals surface area (Å²) in [6.45, 7) is 2.24. The van der Waals surface area contributed by atoms with Crippen LogP contribution in [-0.4, -0.2) is 15.8 Å². The number of carbonyl (C=O) groups is 1. The Labute approximate surface area is 132 Å². The van der Waals surface area contributed by atoms with Crippen molar-refractivity contribution in [3.8, 4) is 11.3 Å². The smallest absolute Gasteiger partial charge is 0.139 e. The molecule has 3 nitrogen and oxygen atoms in total. The minimum Gasteiger partial charge on any atom is -0.337 e. The van der Waals surface area contributed by atoms with Gasteiger partial charge < -0.3 is 9.36 Å². The maximum Gasteiger partial charge on any atom is 0.139 e. The second kappa shape index (κ2) is 5.51. The zero-order valence-corrected chi connectivity index (χ0v) is 12.8. The lowest BCUT2D eigenvalue weighted by molar-refractivity contribution is -0.108. The van der Waals surface area contributed by atoms with Crippen molar-refractivity contribution in [3.63, 3.8) is 0 Å². The predicted molar refractivity (Wildman–Crippen MR) is 86.0 cm³/mol. The molecule has 0 amide bonds. The highest BCUT2D eigenvalue weighted by Gasteiger charge is 2.18. The molecule has 106 valence electrons. The van der Waals surface area contributed by atoms with Gasteiger partial charge in [-0.1, -0.05) is 23.2 Å². The Morgan fingerprint density at radius 1 is 1.29 bits per heavy atom. The van der Waals surface area contributed by atoms with Crippen molar-refractivity contribution < 1.29 is 4.79 Å². The summed E-state index contributed by atoms with van der Waals surface area (Å²) in [5.41, 5.74) is 3.51. The summed E-state index contributed by atoms with van der Waals surface area (Å²) in [6.07, 6.45) is 2.58. The van der Waals surface area contributed by atoms with E-state index in [2.05, 4.69) is 4.98 Å². The Balaban J connectivity index is 2.41. The van der Waals surface area contributed by atoms with Crippen LogP contribution in [0.5, 0.6) is 0 Å². The first-order chi connectivity index (χ1) is 10.1. The first-order valence-electron chi connectivity index (χ1n) is 6.46. The molecule has 0 fully saturated rings. The molecule has 0 saturated heterocycles. The third kappa shape index (κ3) is 2.33. The van der Waals surface area contributed by atoms with Gasteiger partial charge in [0.15, 0.2) is 0 Å². The van der Waals surface area contributed by atoms with Crippen molar-refractivity contribution in [2.45, 2.75) is 13.5 Å². The van der Waals surface area contributed by atoms with E-state index < -0.39 is 0 Å². The summed E-state index contributed by atoms with van der Waals surface area (Å²) >= 11 is 12.4. The standard InChI is InChI=1S/C16H12Cl2N2O/c1-10-15(16-13(18)3-2-6-19-16)12-9-11(17)4-5-14(12)20(10)7-8-21/h2-6,8-9H,7H2,1H3. The Morgan fingerprint density at radius 2 is 2.10 bits per heavy atom. The van der Waals surface area contributed by atoms with Crippen molar-refractivity contribution in [2.24, 2.45) is 0 Å². The van der Waals surface area contributed by atoms with Crippen molar-refractivity contribution >= 4 is 40.4 Å². The highest BCUT2D eigenvalue weighted by Crippen LogP contribution is 2.37. The molecular weight excluding hydrogens is 307 g/mol. The largest absolute Gasteiger partial charge is 0.337 e. The van der Waals surface area contributed by atoms with Gasteiger partial charge in [0.25, 0.3) is 0 Å². The fraction of sp³-hybridized carbons (Fsp3) is 0.125. The first kappa shape index (κ1) is 14.1. The summed E-state index contributed by atoms with van der Waals surface area (Å²) < 4.78 is 1.94. The molecule has 0 atom stereocenters. The Hall–Kier alpha value is -1.84. The summed E-state index contributed by atoms with van der Waals surface area (Å²) in [4.78, 5) is 15.3. The fourth-order valence-electron chi connectivity index (χ4n) is 2.63. The molecule has 0 saturated carbocycles. The van der Waals surface area contributed by atoms with Crippen LogP contribution in [0.4, 0.5) is 0 Å². The Morgan fingerprint density at radius 3 is 2.81 bits per heavy atom. The Kier molecular flexibility index (Phi) is 3.70. The minimum absolute atomic E-state index is 0.286. The molecule has 0 bridgehead atoms. The molecule has 0 unspecified atom stereocenters. The number of aromatic nitrogens is 2. The number of fused-ring (bicyclic) bond motifs is 1. The van der Waals surface area contributed by atoms with Crippen LogP contribution in [0.2, 0.25) is 10.0 Å². The number of hydrogen-bond acceptors (Lipinski definition) is 2. The van der Waals surface area contributed by atoms with Gasteiger partial charge in [0.2, 0.25) is 0 Å². The molecule has 0 N–H and O–H groups in total. The van der Waals surface area contributed by atoms with E-state index in [0.717, 1.165) is 28.4 Å². The first-order valence-corrected chi connectivity index (χ1v) is 7.22. The average molecular weight is 319 g/mol. The lowest BCUT2D eigenvalue weighted by Crippen LogP contribution is -2.01. The third-order valence-corrected chi connectivity index (χ3v) is 4.08. The van der Waals surface area contributed by atoms with Crippen LogP contribution in [0.3, 0.4) is 0 Å². The predicted octanol–water partition coefficient (Wildman–Crippen LogP) is 4.52. The van der Waals surface area contributed by atoms with E-state index in [9.17, 15) is 4.79 Å². The van der Waals surface area contributed by atoms with Gasteiger partial charge >= 0.3 is 0 Å². The molecule has 5 heteroatoms. The highest BCUT2D eigenvalue weighted by atomic mass is 35.5. The summed E-state index contributed by atoms with van der Waals surface area (Å²) in [5.74, 6) is 0. The van der Waals surface area contributed by atoms with Crippen molar-refractivity contribution in [1.82, 2.24) is 9.55 Å². The summed E-state index contributed by atoms with van der Waals surface area (Å²) in [6, 6.07) is 9.20. The van der Waals surface area contributed by atoms with E-state index in [1.807, 2.05) is 29.7 Å². The number of rotatable bonds is 3. The molecule has 3 aromatic rings. The van der Waals surface area contributed by atoms with Crippen LogP contribution in [0.1, 0.15) is 5.69 Å². The van der Waals surface area contributed by atoms with Gasteiger partial charge in [-0.25, -0.2) is 0 Å². The van der Waals surface area contributed by atoms with Crippen molar-refractivity contribution in [1.29, 1.82) is 0 Å². The zero-order chi connectivity index (χ0) is 15.0. The van der Waals surface area contributed by atoms with Gasteiger partial charge in [0.05, 0.1) is 17.3 Å². The monoisotopic (exact) mass is 318 g/mol. The van der Waals surface area contributed by atoms with Crippen molar-refractivity contribution in [2.75, 3.05) is 0 Å². The molecule has 3 rings (SSSR count). The minimum atomic E-state index is 0.286. The molecule has 0 aliphatic heterocycles. The second-order valence-electron chi connectivity index (χ2n) is 4.73. The van der Waals surface area contributed by atoms with Gasteiger partial charge in [0.1, 0.15) is 6.29 Å². The number of nitrogens with zero attached hydrogens (tertiary/aromatic N) is 2. The van der Waals surface area contributed by atoms with E-state index in [4.69, 9.17) is 23.2 Å². The molecule has 0 aliphatic carbocycles. The van der Waals surface area contributed by atoms with Gasteiger partial charge in [-0.05, 0) is 37.3 Å². The molecule has 0 spiro atoms. The van der Waals surface area contributed by atoms with Crippen LogP contribution >= 0.6 is 23.2 Å². The van der Waals surface area contributed by atoms with Gasteiger partial charge in [0, 0.05) is 33.4 Å². The van der Waals surface area contributed by atoms with Crippen LogP contribution in [0.15, 0.2) is 36.5 Å². The average Bonchev–Trinajstić information content (AvgIpc) is 2.72. The quantitative estimate of drug-likeness (QED) is 0.665. The fourth-order valence-corrected chi connectivity index (χ4v) is 3.02. The normalized spacial score (nSPS) is 11.0. The maximum atomic E-state index is 11.0. The molecule has 0 radical (unpaired) electrons. The van der Waals surface area contributed by atoms with Gasteiger partial charge in [-0.15, -0.1) is 0 Å². The van der Waals surface area contributed by atoms with E-state index in [1.165, 1.54) is 0 Å². The second-order valence-corrected chi connectivity index (χ2v) is 5.58. The maximum absolute atomic E-state index is 11.0. The molecule has 2 aromatic heterocycles. The van der Waals surface area contributed by atoms with Crippen LogP contribution in [-0.2, 0) is 11.3 Å². The van der Waals surface area contributed by atoms with Crippen molar-refractivity contribution in [3.05, 3.63) is 52.3 Å². The molecule has 0 aliphatic rings. The van der Waals surface area contributed by atoms with Gasteiger partial charge in [-0.3, -0.25) is 4.98 Å². The zero-order valence-electron chi connectivity index (χ0n) is 11.3. The highest BCUT2D eigenvalue weighted by molar-refractivity contribution is 6.34. The lowest BCUT2D eigenvalue weighted by atomic mass is 10.1. The van der Waals surface area contributed by atoms with Gasteiger partial charge in [-0.2, -0.15) is 0 Å². The third-order valence-electron chi connectivity index (χ3n) is 3.54. The number of aldehydes is 1.